The number of esters is 1. The van der Waals surface area contributed by atoms with E-state index in [1.165, 1.54) is 12.1 Å². The van der Waals surface area contributed by atoms with Crippen molar-refractivity contribution in [2.45, 2.75) is 20.2 Å². The highest BCUT2D eigenvalue weighted by atomic mass is 79.9. The predicted molar refractivity (Wildman–Crippen MR) is 63.5 cm³/mol. The number of rotatable bonds is 2. The van der Waals surface area contributed by atoms with Crippen LogP contribution < -0.4 is 4.74 Å². The number of methoxy groups -OCH3 is 1. The molecule has 1 aromatic rings. The maximum absolute atomic E-state index is 12.0. The first-order valence-corrected chi connectivity index (χ1v) is 5.76. The smallest absolute Gasteiger partial charge is 0.465 e. The Hall–Kier alpha value is -1.24. The average Bonchev–Trinajstić information content (AvgIpc) is 2.32. The quantitative estimate of drug-likeness (QED) is 0.765. The molecule has 0 aliphatic carbocycles. The number of carbonyl (C=O) groups is 1. The molecule has 0 amide bonds. The summed E-state index contributed by atoms with van der Waals surface area (Å²) in [5.74, 6) is -1.23. The first-order chi connectivity index (χ1) is 8.33. The van der Waals surface area contributed by atoms with E-state index in [0.717, 1.165) is 13.2 Å². The number of carbonyl (C=O) groups excluding carboxylic acids is 1. The minimum atomic E-state index is -4.81. The van der Waals surface area contributed by atoms with Gasteiger partial charge in [-0.05, 0) is 34.1 Å². The first kappa shape index (κ1) is 16.8. The molecule has 3 nitrogen and oxygen atoms in total. The van der Waals surface area contributed by atoms with Crippen molar-refractivity contribution in [2.24, 2.45) is 0 Å². The van der Waals surface area contributed by atoms with Crippen LogP contribution in [0.1, 0.15) is 24.2 Å². The molecule has 0 aliphatic rings. The average molecular weight is 329 g/mol. The first-order valence-electron chi connectivity index (χ1n) is 4.97. The number of alkyl halides is 3. The molecule has 0 saturated heterocycles. The van der Waals surface area contributed by atoms with Gasteiger partial charge in [0.2, 0.25) is 0 Å². The van der Waals surface area contributed by atoms with Gasteiger partial charge in [-0.3, -0.25) is 0 Å². The van der Waals surface area contributed by atoms with E-state index in [9.17, 15) is 18.0 Å². The minimum absolute atomic E-state index is 0.0232. The Bertz CT molecular complexity index is 405. The molecule has 7 heteroatoms. The van der Waals surface area contributed by atoms with E-state index in [0.29, 0.717) is 0 Å². The predicted octanol–water partition coefficient (Wildman–Crippen LogP) is 4.16. The standard InChI is InChI=1S/C9H6BrF3O3.C2H6/c1-15-8(14)5-2-3-6(10)7(4-5)16-9(11,12)13;1-2/h2-4H,1H3;1-2H3. The van der Waals surface area contributed by atoms with E-state index in [1.807, 2.05) is 13.8 Å². The zero-order valence-electron chi connectivity index (χ0n) is 9.97. The van der Waals surface area contributed by atoms with Crippen LogP contribution in [0, 0.1) is 0 Å². The number of hydrogen-bond acceptors (Lipinski definition) is 3. The van der Waals surface area contributed by atoms with Gasteiger partial charge < -0.3 is 9.47 Å². The highest BCUT2D eigenvalue weighted by Gasteiger charge is 2.32. The second kappa shape index (κ2) is 7.25. The van der Waals surface area contributed by atoms with Crippen LogP contribution in [0.2, 0.25) is 0 Å². The third-order valence-electron chi connectivity index (χ3n) is 1.58. The molecule has 1 aromatic carbocycles. The van der Waals surface area contributed by atoms with Crippen LogP contribution in [0.15, 0.2) is 22.7 Å². The van der Waals surface area contributed by atoms with Crippen molar-refractivity contribution >= 4 is 21.9 Å². The summed E-state index contributed by atoms with van der Waals surface area (Å²) in [6.45, 7) is 4.00. The van der Waals surface area contributed by atoms with E-state index in [-0.39, 0.29) is 10.0 Å². The molecule has 0 spiro atoms. The van der Waals surface area contributed by atoms with Crippen LogP contribution >= 0.6 is 15.9 Å². The largest absolute Gasteiger partial charge is 0.573 e. The van der Waals surface area contributed by atoms with Crippen molar-refractivity contribution in [2.75, 3.05) is 7.11 Å². The summed E-state index contributed by atoms with van der Waals surface area (Å²) in [6.07, 6.45) is -4.81. The lowest BCUT2D eigenvalue weighted by Gasteiger charge is -2.11. The van der Waals surface area contributed by atoms with Gasteiger partial charge in [0.05, 0.1) is 17.1 Å². The summed E-state index contributed by atoms with van der Waals surface area (Å²) in [5.41, 5.74) is -0.0232. The van der Waals surface area contributed by atoms with Crippen molar-refractivity contribution in [3.63, 3.8) is 0 Å². The van der Waals surface area contributed by atoms with Gasteiger partial charge in [-0.25, -0.2) is 4.79 Å². The van der Waals surface area contributed by atoms with Crippen LogP contribution in [-0.2, 0) is 4.74 Å². The fraction of sp³-hybridized carbons (Fsp3) is 0.364. The molecule has 0 heterocycles. The van der Waals surface area contributed by atoms with E-state index in [2.05, 4.69) is 25.4 Å². The molecular weight excluding hydrogens is 317 g/mol. The number of hydrogen-bond donors (Lipinski definition) is 0. The third-order valence-corrected chi connectivity index (χ3v) is 2.23. The Morgan fingerprint density at radius 2 is 1.83 bits per heavy atom. The lowest BCUT2D eigenvalue weighted by atomic mass is 10.2. The molecule has 0 radical (unpaired) electrons. The molecule has 0 atom stereocenters. The zero-order valence-corrected chi connectivity index (χ0v) is 11.6. The second-order valence-corrected chi connectivity index (χ2v) is 3.54. The van der Waals surface area contributed by atoms with Crippen molar-refractivity contribution in [1.29, 1.82) is 0 Å². The molecule has 102 valence electrons. The normalized spacial score (nSPS) is 10.2. The number of ether oxygens (including phenoxy) is 2. The molecule has 0 saturated carbocycles. The van der Waals surface area contributed by atoms with Gasteiger partial charge in [-0.2, -0.15) is 0 Å². The van der Waals surface area contributed by atoms with Crippen molar-refractivity contribution in [3.05, 3.63) is 28.2 Å². The Morgan fingerprint density at radius 3 is 2.28 bits per heavy atom. The third kappa shape index (κ3) is 5.39. The van der Waals surface area contributed by atoms with E-state index in [1.54, 1.807) is 0 Å². The van der Waals surface area contributed by atoms with Gasteiger partial charge in [0.1, 0.15) is 5.75 Å². The molecule has 0 fully saturated rings. The zero-order chi connectivity index (χ0) is 14.3. The van der Waals surface area contributed by atoms with Crippen LogP contribution in [0.25, 0.3) is 0 Å². The van der Waals surface area contributed by atoms with Gasteiger partial charge >= 0.3 is 12.3 Å². The van der Waals surface area contributed by atoms with E-state index >= 15 is 0 Å². The molecule has 18 heavy (non-hydrogen) atoms. The van der Waals surface area contributed by atoms with Crippen LogP contribution in [0.3, 0.4) is 0 Å². The molecule has 0 aromatic heterocycles. The van der Waals surface area contributed by atoms with Gasteiger partial charge in [-0.15, -0.1) is 13.2 Å². The van der Waals surface area contributed by atoms with Crippen molar-refractivity contribution in [3.8, 4) is 5.75 Å². The molecular formula is C11H12BrF3O3. The summed E-state index contributed by atoms with van der Waals surface area (Å²) in [5, 5.41) is 0. The topological polar surface area (TPSA) is 35.5 Å². The number of benzene rings is 1. The summed E-state index contributed by atoms with van der Waals surface area (Å²) in [4.78, 5) is 11.1. The van der Waals surface area contributed by atoms with Crippen LogP contribution in [-0.4, -0.2) is 19.4 Å². The summed E-state index contributed by atoms with van der Waals surface area (Å²) < 4.78 is 44.1. The second-order valence-electron chi connectivity index (χ2n) is 2.68. The maximum atomic E-state index is 12.0. The molecule has 1 rings (SSSR count). The number of halogens is 4. The Labute approximate surface area is 111 Å². The van der Waals surface area contributed by atoms with Crippen LogP contribution in [0.5, 0.6) is 5.75 Å². The lowest BCUT2D eigenvalue weighted by Crippen LogP contribution is -2.17. The lowest BCUT2D eigenvalue weighted by molar-refractivity contribution is -0.274. The van der Waals surface area contributed by atoms with E-state index < -0.39 is 18.1 Å². The summed E-state index contributed by atoms with van der Waals surface area (Å²) in [6, 6.07) is 3.54. The van der Waals surface area contributed by atoms with Gasteiger partial charge in [0.15, 0.2) is 0 Å². The monoisotopic (exact) mass is 328 g/mol. The molecule has 0 bridgehead atoms. The molecule has 0 unspecified atom stereocenters. The highest BCUT2D eigenvalue weighted by Crippen LogP contribution is 2.31. The Morgan fingerprint density at radius 1 is 1.28 bits per heavy atom. The molecule has 0 aliphatic heterocycles. The highest BCUT2D eigenvalue weighted by molar-refractivity contribution is 9.10. The fourth-order valence-corrected chi connectivity index (χ4v) is 1.28. The SMILES string of the molecule is CC.COC(=O)c1ccc(Br)c(OC(F)(F)F)c1. The summed E-state index contributed by atoms with van der Waals surface area (Å²) >= 11 is 2.88. The summed E-state index contributed by atoms with van der Waals surface area (Å²) in [7, 11) is 1.13. The van der Waals surface area contributed by atoms with Gasteiger partial charge in [0.25, 0.3) is 0 Å². The maximum Gasteiger partial charge on any atom is 0.573 e. The Kier molecular flexibility index (Phi) is 6.75. The fourth-order valence-electron chi connectivity index (χ4n) is 0.951. The Balaban J connectivity index is 0.00000137. The van der Waals surface area contributed by atoms with Crippen LogP contribution in [0.4, 0.5) is 13.2 Å². The van der Waals surface area contributed by atoms with E-state index in [4.69, 9.17) is 0 Å². The van der Waals surface area contributed by atoms with Gasteiger partial charge in [-0.1, -0.05) is 13.8 Å². The van der Waals surface area contributed by atoms with Crippen molar-refractivity contribution < 1.29 is 27.4 Å². The van der Waals surface area contributed by atoms with Gasteiger partial charge in [0, 0.05) is 0 Å². The molecule has 0 N–H and O–H groups in total. The minimum Gasteiger partial charge on any atom is -0.465 e. The van der Waals surface area contributed by atoms with Crippen molar-refractivity contribution in [1.82, 2.24) is 0 Å².